The van der Waals surface area contributed by atoms with E-state index in [2.05, 4.69) is 12.2 Å². The maximum atomic E-state index is 11.6. The van der Waals surface area contributed by atoms with Gasteiger partial charge in [0.2, 0.25) is 0 Å². The third kappa shape index (κ3) is 4.18. The van der Waals surface area contributed by atoms with Gasteiger partial charge in [-0.2, -0.15) is 0 Å². The van der Waals surface area contributed by atoms with Gasteiger partial charge >= 0.3 is 5.97 Å². The summed E-state index contributed by atoms with van der Waals surface area (Å²) in [5.74, 6) is 0.299. The minimum Gasteiger partial charge on any atom is -0.463 e. The maximum Gasteiger partial charge on any atom is 0.310 e. The molecule has 0 aliphatic carbocycles. The first-order valence-corrected chi connectivity index (χ1v) is 5.60. The van der Waals surface area contributed by atoms with E-state index in [1.165, 1.54) is 0 Å². The molecule has 1 aliphatic rings. The summed E-state index contributed by atoms with van der Waals surface area (Å²) in [6.07, 6.45) is 0.191. The SMILES string of the molecule is CC(C)OCCOC(=O)C1CNCC1C. The summed E-state index contributed by atoms with van der Waals surface area (Å²) in [6, 6.07) is 0. The number of hydrogen-bond acceptors (Lipinski definition) is 4. The molecule has 2 unspecified atom stereocenters. The second kappa shape index (κ2) is 6.08. The van der Waals surface area contributed by atoms with E-state index in [1.807, 2.05) is 13.8 Å². The summed E-state index contributed by atoms with van der Waals surface area (Å²) in [7, 11) is 0. The van der Waals surface area contributed by atoms with Crippen LogP contribution in [0.2, 0.25) is 0 Å². The van der Waals surface area contributed by atoms with Gasteiger partial charge in [0.25, 0.3) is 0 Å². The van der Waals surface area contributed by atoms with Crippen molar-refractivity contribution in [2.45, 2.75) is 26.9 Å². The lowest BCUT2D eigenvalue weighted by molar-refractivity contribution is -0.151. The van der Waals surface area contributed by atoms with Crippen LogP contribution in [0.25, 0.3) is 0 Å². The van der Waals surface area contributed by atoms with Crippen molar-refractivity contribution in [1.29, 1.82) is 0 Å². The molecule has 0 aromatic heterocycles. The lowest BCUT2D eigenvalue weighted by Gasteiger charge is -2.14. The lowest BCUT2D eigenvalue weighted by atomic mass is 9.99. The van der Waals surface area contributed by atoms with Gasteiger partial charge < -0.3 is 14.8 Å². The van der Waals surface area contributed by atoms with Crippen molar-refractivity contribution in [3.05, 3.63) is 0 Å². The number of ether oxygens (including phenoxy) is 2. The highest BCUT2D eigenvalue weighted by molar-refractivity contribution is 5.73. The predicted octanol–water partition coefficient (Wildman–Crippen LogP) is 0.810. The molecule has 4 nitrogen and oxygen atoms in total. The van der Waals surface area contributed by atoms with Crippen molar-refractivity contribution in [3.8, 4) is 0 Å². The summed E-state index contributed by atoms with van der Waals surface area (Å²) in [4.78, 5) is 11.6. The maximum absolute atomic E-state index is 11.6. The molecule has 1 fully saturated rings. The zero-order valence-electron chi connectivity index (χ0n) is 9.79. The second-order valence-electron chi connectivity index (χ2n) is 4.33. The number of esters is 1. The zero-order chi connectivity index (χ0) is 11.3. The molecule has 0 radical (unpaired) electrons. The van der Waals surface area contributed by atoms with Crippen LogP contribution >= 0.6 is 0 Å². The smallest absolute Gasteiger partial charge is 0.310 e. The second-order valence-corrected chi connectivity index (χ2v) is 4.33. The van der Waals surface area contributed by atoms with E-state index in [4.69, 9.17) is 9.47 Å². The number of hydrogen-bond donors (Lipinski definition) is 1. The van der Waals surface area contributed by atoms with Gasteiger partial charge in [-0.15, -0.1) is 0 Å². The van der Waals surface area contributed by atoms with E-state index >= 15 is 0 Å². The van der Waals surface area contributed by atoms with Crippen LogP contribution in [0.1, 0.15) is 20.8 Å². The normalized spacial score (nSPS) is 25.9. The first kappa shape index (κ1) is 12.5. The van der Waals surface area contributed by atoms with Crippen LogP contribution in [0, 0.1) is 11.8 Å². The molecule has 0 saturated carbocycles. The van der Waals surface area contributed by atoms with Gasteiger partial charge in [-0.3, -0.25) is 4.79 Å². The molecule has 2 atom stereocenters. The fraction of sp³-hybridized carbons (Fsp3) is 0.909. The molecule has 0 aromatic carbocycles. The van der Waals surface area contributed by atoms with Gasteiger partial charge in [-0.1, -0.05) is 6.92 Å². The molecule has 1 saturated heterocycles. The van der Waals surface area contributed by atoms with E-state index < -0.39 is 0 Å². The average molecular weight is 215 g/mol. The molecule has 0 aromatic rings. The molecule has 1 heterocycles. The van der Waals surface area contributed by atoms with Gasteiger partial charge in [-0.25, -0.2) is 0 Å². The van der Waals surface area contributed by atoms with Gasteiger partial charge in [-0.05, 0) is 26.3 Å². The van der Waals surface area contributed by atoms with E-state index in [0.717, 1.165) is 13.1 Å². The van der Waals surface area contributed by atoms with Crippen molar-refractivity contribution in [3.63, 3.8) is 0 Å². The summed E-state index contributed by atoms with van der Waals surface area (Å²) in [5.41, 5.74) is 0. The van der Waals surface area contributed by atoms with Gasteiger partial charge in [0.05, 0.1) is 18.6 Å². The molecule has 1 rings (SSSR count). The van der Waals surface area contributed by atoms with E-state index in [9.17, 15) is 4.79 Å². The molecule has 1 N–H and O–H groups in total. The minimum atomic E-state index is -0.0974. The molecule has 0 bridgehead atoms. The topological polar surface area (TPSA) is 47.6 Å². The zero-order valence-corrected chi connectivity index (χ0v) is 9.79. The first-order valence-electron chi connectivity index (χ1n) is 5.60. The number of carbonyl (C=O) groups excluding carboxylic acids is 1. The Balaban J connectivity index is 2.13. The van der Waals surface area contributed by atoms with Crippen molar-refractivity contribution >= 4 is 5.97 Å². The summed E-state index contributed by atoms with van der Waals surface area (Å²) in [5, 5.41) is 3.18. The Labute approximate surface area is 91.3 Å². The van der Waals surface area contributed by atoms with Gasteiger partial charge in [0, 0.05) is 6.54 Å². The standard InChI is InChI=1S/C11H21NO3/c1-8(2)14-4-5-15-11(13)10-7-12-6-9(10)3/h8-10,12H,4-7H2,1-3H3. The van der Waals surface area contributed by atoms with Gasteiger partial charge in [0.15, 0.2) is 0 Å². The van der Waals surface area contributed by atoms with Crippen LogP contribution in [-0.4, -0.2) is 38.4 Å². The van der Waals surface area contributed by atoms with Crippen LogP contribution in [0.4, 0.5) is 0 Å². The van der Waals surface area contributed by atoms with E-state index in [-0.39, 0.29) is 18.0 Å². The highest BCUT2D eigenvalue weighted by atomic mass is 16.6. The molecule has 88 valence electrons. The fourth-order valence-electron chi connectivity index (χ4n) is 1.66. The largest absolute Gasteiger partial charge is 0.463 e. The number of rotatable bonds is 5. The van der Waals surface area contributed by atoms with Crippen molar-refractivity contribution in [1.82, 2.24) is 5.32 Å². The molecule has 4 heteroatoms. The first-order chi connectivity index (χ1) is 7.11. The highest BCUT2D eigenvalue weighted by Crippen LogP contribution is 2.16. The highest BCUT2D eigenvalue weighted by Gasteiger charge is 2.30. The number of carbonyl (C=O) groups is 1. The van der Waals surface area contributed by atoms with Crippen LogP contribution < -0.4 is 5.32 Å². The number of nitrogens with one attached hydrogen (secondary N) is 1. The van der Waals surface area contributed by atoms with Gasteiger partial charge in [0.1, 0.15) is 6.61 Å². The summed E-state index contributed by atoms with van der Waals surface area (Å²) < 4.78 is 10.4. The fourth-order valence-corrected chi connectivity index (χ4v) is 1.66. The molecule has 0 spiro atoms. The average Bonchev–Trinajstić information content (AvgIpc) is 2.58. The summed E-state index contributed by atoms with van der Waals surface area (Å²) >= 11 is 0. The minimum absolute atomic E-state index is 0.0176. The van der Waals surface area contributed by atoms with Crippen molar-refractivity contribution < 1.29 is 14.3 Å². The third-order valence-corrected chi connectivity index (χ3v) is 2.60. The van der Waals surface area contributed by atoms with E-state index in [0.29, 0.717) is 19.1 Å². The Kier molecular flexibility index (Phi) is 5.05. The predicted molar refractivity (Wildman–Crippen MR) is 57.6 cm³/mol. The quantitative estimate of drug-likeness (QED) is 0.544. The van der Waals surface area contributed by atoms with Crippen LogP contribution in [-0.2, 0) is 14.3 Å². The Hall–Kier alpha value is -0.610. The Morgan fingerprint density at radius 1 is 1.40 bits per heavy atom. The molecule has 1 aliphatic heterocycles. The van der Waals surface area contributed by atoms with Crippen LogP contribution in [0.3, 0.4) is 0 Å². The van der Waals surface area contributed by atoms with Crippen LogP contribution in [0.15, 0.2) is 0 Å². The van der Waals surface area contributed by atoms with E-state index in [1.54, 1.807) is 0 Å². The third-order valence-electron chi connectivity index (χ3n) is 2.60. The molecular formula is C11H21NO3. The van der Waals surface area contributed by atoms with Crippen molar-refractivity contribution in [2.24, 2.45) is 11.8 Å². The summed E-state index contributed by atoms with van der Waals surface area (Å²) in [6.45, 7) is 8.48. The Morgan fingerprint density at radius 2 is 2.13 bits per heavy atom. The molecular weight excluding hydrogens is 194 g/mol. The Bertz CT molecular complexity index is 206. The molecule has 0 amide bonds. The van der Waals surface area contributed by atoms with Crippen LogP contribution in [0.5, 0.6) is 0 Å². The monoisotopic (exact) mass is 215 g/mol. The van der Waals surface area contributed by atoms with Crippen molar-refractivity contribution in [2.75, 3.05) is 26.3 Å². The lowest BCUT2D eigenvalue weighted by Crippen LogP contribution is -2.25. The Morgan fingerprint density at radius 3 is 2.67 bits per heavy atom. The molecule has 15 heavy (non-hydrogen) atoms.